The van der Waals surface area contributed by atoms with E-state index >= 15 is 0 Å². The minimum atomic E-state index is 0.0334. The van der Waals surface area contributed by atoms with E-state index in [1.54, 1.807) is 36.7 Å². The lowest BCUT2D eigenvalue weighted by Gasteiger charge is -2.32. The van der Waals surface area contributed by atoms with Gasteiger partial charge in [-0.3, -0.25) is 9.78 Å². The molecular formula is C24H21N3O3S. The lowest BCUT2D eigenvalue weighted by molar-refractivity contribution is 0.0597. The molecule has 1 aliphatic rings. The topological polar surface area (TPSA) is 64.5 Å². The van der Waals surface area contributed by atoms with Crippen LogP contribution in [0.5, 0.6) is 16.7 Å². The molecule has 0 spiro atoms. The number of rotatable bonds is 5. The zero-order valence-electron chi connectivity index (χ0n) is 16.8. The number of carbonyl (C=O) groups is 1. The summed E-state index contributed by atoms with van der Waals surface area (Å²) in [6, 6.07) is 17.1. The van der Waals surface area contributed by atoms with Crippen LogP contribution in [0.3, 0.4) is 0 Å². The van der Waals surface area contributed by atoms with E-state index < -0.39 is 0 Å². The van der Waals surface area contributed by atoms with Crippen molar-refractivity contribution in [3.63, 3.8) is 0 Å². The largest absolute Gasteiger partial charge is 0.488 e. The number of thiazole rings is 1. The number of hydrogen-bond donors (Lipinski definition) is 0. The van der Waals surface area contributed by atoms with Crippen molar-refractivity contribution in [1.82, 2.24) is 14.9 Å². The van der Waals surface area contributed by atoms with Crippen LogP contribution in [-0.2, 0) is 0 Å². The molecule has 4 aromatic rings. The highest BCUT2D eigenvalue weighted by atomic mass is 32.1. The van der Waals surface area contributed by atoms with Crippen molar-refractivity contribution in [2.75, 3.05) is 13.1 Å². The van der Waals surface area contributed by atoms with Gasteiger partial charge < -0.3 is 14.4 Å². The summed E-state index contributed by atoms with van der Waals surface area (Å²) < 4.78 is 11.9. The summed E-state index contributed by atoms with van der Waals surface area (Å²) in [7, 11) is 0. The molecule has 6 nitrogen and oxygen atoms in total. The van der Waals surface area contributed by atoms with Gasteiger partial charge in [0.25, 0.3) is 11.1 Å². The zero-order valence-corrected chi connectivity index (χ0v) is 17.6. The fourth-order valence-electron chi connectivity index (χ4n) is 3.74. The minimum Gasteiger partial charge on any atom is -0.488 e. The molecule has 0 N–H and O–H groups in total. The Morgan fingerprint density at radius 2 is 1.77 bits per heavy atom. The van der Waals surface area contributed by atoms with Crippen molar-refractivity contribution >= 4 is 28.1 Å². The van der Waals surface area contributed by atoms with Crippen LogP contribution in [0, 0.1) is 0 Å². The molecule has 1 amide bonds. The summed E-state index contributed by atoms with van der Waals surface area (Å²) in [6.07, 6.45) is 5.14. The Hall–Kier alpha value is -3.45. The zero-order chi connectivity index (χ0) is 21.0. The summed E-state index contributed by atoms with van der Waals surface area (Å²) >= 11 is 1.43. The molecular weight excluding hydrogens is 410 g/mol. The van der Waals surface area contributed by atoms with E-state index in [9.17, 15) is 4.79 Å². The third-order valence-electron chi connectivity index (χ3n) is 5.33. The summed E-state index contributed by atoms with van der Waals surface area (Å²) in [4.78, 5) is 23.3. The van der Waals surface area contributed by atoms with Gasteiger partial charge in [0, 0.05) is 54.7 Å². The first-order chi connectivity index (χ1) is 15.3. The number of hydrogen-bond acceptors (Lipinski definition) is 6. The Bertz CT molecular complexity index is 1170. The number of carbonyl (C=O) groups excluding carboxylic acids is 1. The molecule has 5 rings (SSSR count). The van der Waals surface area contributed by atoms with Gasteiger partial charge in [0.1, 0.15) is 23.1 Å². The fraction of sp³-hybridized carbons (Fsp3) is 0.208. The van der Waals surface area contributed by atoms with Crippen LogP contribution in [0.4, 0.5) is 0 Å². The Morgan fingerprint density at radius 1 is 0.968 bits per heavy atom. The van der Waals surface area contributed by atoms with Gasteiger partial charge in [-0.15, -0.1) is 0 Å². The SMILES string of the molecule is O=C(c1ccc(Oc2nccs2)cc1)N1CCC(Oc2cccc3cccnc23)CC1. The average molecular weight is 432 g/mol. The van der Waals surface area contributed by atoms with E-state index in [1.165, 1.54) is 11.3 Å². The number of amides is 1. The lowest BCUT2D eigenvalue weighted by atomic mass is 10.1. The number of para-hydroxylation sites is 1. The minimum absolute atomic E-state index is 0.0334. The molecule has 3 heterocycles. The van der Waals surface area contributed by atoms with Crippen LogP contribution in [0.25, 0.3) is 10.9 Å². The lowest BCUT2D eigenvalue weighted by Crippen LogP contribution is -2.41. The van der Waals surface area contributed by atoms with Crippen LogP contribution < -0.4 is 9.47 Å². The Balaban J connectivity index is 1.19. The van der Waals surface area contributed by atoms with Gasteiger partial charge in [0.2, 0.25) is 0 Å². The second kappa shape index (κ2) is 8.73. The highest BCUT2D eigenvalue weighted by Gasteiger charge is 2.25. The molecule has 7 heteroatoms. The van der Waals surface area contributed by atoms with Gasteiger partial charge in [-0.05, 0) is 36.4 Å². The number of fused-ring (bicyclic) bond motifs is 1. The second-order valence-electron chi connectivity index (χ2n) is 7.37. The molecule has 0 radical (unpaired) electrons. The molecule has 1 fully saturated rings. The monoisotopic (exact) mass is 431 g/mol. The summed E-state index contributed by atoms with van der Waals surface area (Å²) in [5.74, 6) is 1.51. The van der Waals surface area contributed by atoms with E-state index in [-0.39, 0.29) is 12.0 Å². The maximum absolute atomic E-state index is 12.9. The third-order valence-corrected chi connectivity index (χ3v) is 5.98. The Labute approximate surface area is 184 Å². The van der Waals surface area contributed by atoms with E-state index in [2.05, 4.69) is 9.97 Å². The highest BCUT2D eigenvalue weighted by molar-refractivity contribution is 7.11. The van der Waals surface area contributed by atoms with Gasteiger partial charge in [-0.2, -0.15) is 0 Å². The summed E-state index contributed by atoms with van der Waals surface area (Å²) in [5.41, 5.74) is 1.53. The van der Waals surface area contributed by atoms with Crippen molar-refractivity contribution in [2.45, 2.75) is 18.9 Å². The number of likely N-dealkylation sites (tertiary alicyclic amines) is 1. The van der Waals surface area contributed by atoms with Crippen LogP contribution >= 0.6 is 11.3 Å². The third kappa shape index (κ3) is 4.36. The summed E-state index contributed by atoms with van der Waals surface area (Å²) in [6.45, 7) is 1.33. The van der Waals surface area contributed by atoms with Crippen molar-refractivity contribution < 1.29 is 14.3 Å². The van der Waals surface area contributed by atoms with Gasteiger partial charge >= 0.3 is 0 Å². The van der Waals surface area contributed by atoms with Crippen LogP contribution in [0.2, 0.25) is 0 Å². The van der Waals surface area contributed by atoms with Crippen molar-refractivity contribution in [3.8, 4) is 16.7 Å². The quantitative estimate of drug-likeness (QED) is 0.436. The van der Waals surface area contributed by atoms with E-state index in [4.69, 9.17) is 9.47 Å². The van der Waals surface area contributed by atoms with E-state index in [0.717, 1.165) is 29.5 Å². The molecule has 2 aromatic heterocycles. The van der Waals surface area contributed by atoms with Crippen molar-refractivity contribution in [1.29, 1.82) is 0 Å². The first-order valence-electron chi connectivity index (χ1n) is 10.2. The maximum Gasteiger partial charge on any atom is 0.278 e. The molecule has 1 saturated heterocycles. The number of piperidine rings is 1. The standard InChI is InChI=1S/C24H21N3O3S/c28-23(18-6-8-19(9-7-18)30-24-26-13-16-31-24)27-14-10-20(11-15-27)29-21-5-1-3-17-4-2-12-25-22(17)21/h1-9,12-13,16,20H,10-11,14-15H2. The Kier molecular flexibility index (Phi) is 5.50. The van der Waals surface area contributed by atoms with Gasteiger partial charge in [-0.25, -0.2) is 4.98 Å². The number of benzene rings is 2. The van der Waals surface area contributed by atoms with Crippen LogP contribution in [0.1, 0.15) is 23.2 Å². The average Bonchev–Trinajstić information content (AvgIpc) is 3.33. The van der Waals surface area contributed by atoms with Crippen LogP contribution in [0.15, 0.2) is 72.4 Å². The van der Waals surface area contributed by atoms with Gasteiger partial charge in [0.05, 0.1) is 0 Å². The van der Waals surface area contributed by atoms with Gasteiger partial charge in [0.15, 0.2) is 0 Å². The normalized spacial score (nSPS) is 14.5. The summed E-state index contributed by atoms with van der Waals surface area (Å²) in [5, 5.41) is 3.51. The van der Waals surface area contributed by atoms with Crippen molar-refractivity contribution in [2.24, 2.45) is 0 Å². The molecule has 0 atom stereocenters. The van der Waals surface area contributed by atoms with Gasteiger partial charge in [-0.1, -0.05) is 29.5 Å². The Morgan fingerprint density at radius 3 is 2.55 bits per heavy atom. The van der Waals surface area contributed by atoms with Crippen LogP contribution in [-0.4, -0.2) is 40.0 Å². The molecule has 0 bridgehead atoms. The predicted octanol–water partition coefficient (Wildman–Crippen LogP) is 5.17. The smallest absolute Gasteiger partial charge is 0.278 e. The highest BCUT2D eigenvalue weighted by Crippen LogP contribution is 2.27. The molecule has 156 valence electrons. The molecule has 0 aliphatic carbocycles. The molecule has 0 unspecified atom stereocenters. The first-order valence-corrected chi connectivity index (χ1v) is 11.1. The van der Waals surface area contributed by atoms with E-state index in [0.29, 0.717) is 29.6 Å². The molecule has 1 aliphatic heterocycles. The fourth-order valence-corrected chi connectivity index (χ4v) is 4.24. The molecule has 0 saturated carbocycles. The number of pyridine rings is 1. The van der Waals surface area contributed by atoms with E-state index in [1.807, 2.05) is 40.6 Å². The molecule has 2 aromatic carbocycles. The number of aromatic nitrogens is 2. The number of ether oxygens (including phenoxy) is 2. The first kappa shape index (κ1) is 19.5. The predicted molar refractivity (Wildman–Crippen MR) is 120 cm³/mol. The maximum atomic E-state index is 12.9. The second-order valence-corrected chi connectivity index (χ2v) is 8.22. The molecule has 31 heavy (non-hydrogen) atoms. The van der Waals surface area contributed by atoms with Crippen molar-refractivity contribution in [3.05, 3.63) is 77.9 Å². The number of nitrogens with zero attached hydrogens (tertiary/aromatic N) is 3.